The molecule has 1 atom stereocenters. The van der Waals surface area contributed by atoms with E-state index in [1.54, 1.807) is 24.4 Å². The van der Waals surface area contributed by atoms with Gasteiger partial charge >= 0.3 is 6.36 Å². The second-order valence-corrected chi connectivity index (χ2v) is 10.2. The van der Waals surface area contributed by atoms with Gasteiger partial charge in [-0.2, -0.15) is 0 Å². The number of carbonyl (C=O) groups excluding carboxylic acids is 1. The van der Waals surface area contributed by atoms with E-state index < -0.39 is 6.36 Å². The quantitative estimate of drug-likeness (QED) is 0.395. The maximum absolute atomic E-state index is 13.0. The van der Waals surface area contributed by atoms with E-state index in [-0.39, 0.29) is 11.7 Å². The van der Waals surface area contributed by atoms with Gasteiger partial charge in [0, 0.05) is 42.6 Å². The summed E-state index contributed by atoms with van der Waals surface area (Å²) in [6.45, 7) is 4.34. The van der Waals surface area contributed by atoms with Crippen molar-refractivity contribution in [2.75, 3.05) is 24.5 Å². The van der Waals surface area contributed by atoms with Crippen molar-refractivity contribution in [1.82, 2.24) is 15.3 Å². The van der Waals surface area contributed by atoms with E-state index in [1.165, 1.54) is 12.1 Å². The van der Waals surface area contributed by atoms with E-state index in [1.807, 2.05) is 6.92 Å². The number of halogens is 4. The Kier molecular flexibility index (Phi) is 6.53. The number of nitrogens with zero attached hydrogens (tertiary/aromatic N) is 2. The highest BCUT2D eigenvalue weighted by Crippen LogP contribution is 2.61. The minimum Gasteiger partial charge on any atom is -0.406 e. The number of anilines is 1. The zero-order valence-corrected chi connectivity index (χ0v) is 20.7. The summed E-state index contributed by atoms with van der Waals surface area (Å²) in [5, 5.41) is 4.32. The van der Waals surface area contributed by atoms with Gasteiger partial charge in [0.25, 0.3) is 5.91 Å². The second kappa shape index (κ2) is 9.50. The highest BCUT2D eigenvalue weighted by atomic mass is 35.5. The zero-order chi connectivity index (χ0) is 25.5. The summed E-state index contributed by atoms with van der Waals surface area (Å²) >= 11 is 6.11. The molecule has 5 rings (SSSR count). The number of benzene rings is 1. The van der Waals surface area contributed by atoms with Crippen LogP contribution in [-0.4, -0.2) is 41.9 Å². The number of nitrogens with one attached hydrogen (secondary N) is 2. The maximum atomic E-state index is 13.0. The molecule has 192 valence electrons. The van der Waals surface area contributed by atoms with Gasteiger partial charge in [0.05, 0.1) is 10.6 Å². The molecule has 2 aromatic heterocycles. The lowest BCUT2D eigenvalue weighted by Gasteiger charge is -2.34. The molecule has 3 heterocycles. The SMILES string of the molecule is CCc1[nH]c2ncc(Cl)cc2c1C(=O)NCCC1CC12CCN(c1ccc(OC(F)(F)F)cc1)CC2. The van der Waals surface area contributed by atoms with Crippen LogP contribution in [0, 0.1) is 11.3 Å². The highest BCUT2D eigenvalue weighted by Gasteiger charge is 2.54. The molecule has 2 N–H and O–H groups in total. The number of aromatic amines is 1. The van der Waals surface area contributed by atoms with Crippen molar-refractivity contribution in [3.63, 3.8) is 0 Å². The summed E-state index contributed by atoms with van der Waals surface area (Å²) in [4.78, 5) is 22.7. The molecular formula is C26H28ClF3N4O2. The van der Waals surface area contributed by atoms with Crippen molar-refractivity contribution in [2.45, 2.75) is 45.4 Å². The summed E-state index contributed by atoms with van der Waals surface area (Å²) in [5.41, 5.74) is 3.35. The molecule has 0 radical (unpaired) electrons. The molecule has 1 unspecified atom stereocenters. The van der Waals surface area contributed by atoms with Gasteiger partial charge in [-0.15, -0.1) is 13.2 Å². The van der Waals surface area contributed by atoms with E-state index in [2.05, 4.69) is 24.9 Å². The predicted octanol–water partition coefficient (Wildman–Crippen LogP) is 6.10. The number of piperidine rings is 1. The third-order valence-corrected chi connectivity index (χ3v) is 7.81. The maximum Gasteiger partial charge on any atom is 0.573 e. The van der Waals surface area contributed by atoms with Gasteiger partial charge in [0.1, 0.15) is 11.4 Å². The molecule has 1 aliphatic heterocycles. The van der Waals surface area contributed by atoms with Crippen LogP contribution in [0.1, 0.15) is 48.7 Å². The fraction of sp³-hybridized carbons (Fsp3) is 0.462. The number of amides is 1. The topological polar surface area (TPSA) is 70.2 Å². The Morgan fingerprint density at radius 2 is 2.00 bits per heavy atom. The van der Waals surface area contributed by atoms with Crippen LogP contribution in [-0.2, 0) is 6.42 Å². The van der Waals surface area contributed by atoms with Crippen molar-refractivity contribution < 1.29 is 22.7 Å². The summed E-state index contributed by atoms with van der Waals surface area (Å²) < 4.78 is 41.1. The average molecular weight is 521 g/mol. The molecule has 6 nitrogen and oxygen atoms in total. The van der Waals surface area contributed by atoms with Crippen molar-refractivity contribution in [3.05, 3.63) is 52.8 Å². The molecule has 1 amide bonds. The van der Waals surface area contributed by atoms with E-state index in [0.29, 0.717) is 40.5 Å². The number of alkyl halides is 3. The van der Waals surface area contributed by atoms with Crippen LogP contribution < -0.4 is 15.0 Å². The first-order valence-electron chi connectivity index (χ1n) is 12.2. The highest BCUT2D eigenvalue weighted by molar-refractivity contribution is 6.31. The number of fused-ring (bicyclic) bond motifs is 1. The van der Waals surface area contributed by atoms with Gasteiger partial charge in [0.15, 0.2) is 0 Å². The number of carbonyl (C=O) groups is 1. The number of hydrogen-bond donors (Lipinski definition) is 2. The normalized spacial score (nSPS) is 19.0. The van der Waals surface area contributed by atoms with Gasteiger partial charge in [-0.05, 0) is 73.8 Å². The Balaban J connectivity index is 1.11. The Morgan fingerprint density at radius 3 is 2.67 bits per heavy atom. The Hall–Kier alpha value is -2.94. The summed E-state index contributed by atoms with van der Waals surface area (Å²) in [6.07, 6.45) is 1.74. The fourth-order valence-corrected chi connectivity index (χ4v) is 5.75. The van der Waals surface area contributed by atoms with Gasteiger partial charge in [-0.1, -0.05) is 18.5 Å². The van der Waals surface area contributed by atoms with Crippen LogP contribution in [0.4, 0.5) is 18.9 Å². The standard InChI is InChI=1S/C26H28ClF3N4O2/c1-2-21-22(20-13-17(27)15-32-23(20)33-21)24(35)31-10-7-16-14-25(16)8-11-34(12-9-25)18-3-5-19(6-4-18)36-26(28,29)30/h3-6,13,15-16H,2,7-12,14H2,1H3,(H,31,35)(H,32,33). The minimum absolute atomic E-state index is 0.107. The number of aryl methyl sites for hydroxylation is 1. The van der Waals surface area contributed by atoms with Gasteiger partial charge in [0.2, 0.25) is 0 Å². The molecule has 1 spiro atoms. The monoisotopic (exact) mass is 520 g/mol. The lowest BCUT2D eigenvalue weighted by atomic mass is 9.89. The number of pyridine rings is 1. The molecule has 2 fully saturated rings. The number of ether oxygens (including phenoxy) is 1. The van der Waals surface area contributed by atoms with Gasteiger partial charge in [-0.25, -0.2) is 4.98 Å². The smallest absolute Gasteiger partial charge is 0.406 e. The van der Waals surface area contributed by atoms with E-state index in [4.69, 9.17) is 11.6 Å². The van der Waals surface area contributed by atoms with Crippen LogP contribution in [0.25, 0.3) is 11.0 Å². The summed E-state index contributed by atoms with van der Waals surface area (Å²) in [7, 11) is 0. The van der Waals surface area contributed by atoms with Crippen LogP contribution in [0.15, 0.2) is 36.5 Å². The van der Waals surface area contributed by atoms with Gasteiger partial charge in [-0.3, -0.25) is 4.79 Å². The fourth-order valence-electron chi connectivity index (χ4n) is 5.59. The molecule has 0 bridgehead atoms. The largest absolute Gasteiger partial charge is 0.573 e. The molecule has 1 saturated carbocycles. The van der Waals surface area contributed by atoms with Crippen molar-refractivity contribution in [2.24, 2.45) is 11.3 Å². The van der Waals surface area contributed by atoms with Crippen LogP contribution in [0.3, 0.4) is 0 Å². The van der Waals surface area contributed by atoms with Crippen LogP contribution in [0.5, 0.6) is 5.75 Å². The number of hydrogen-bond acceptors (Lipinski definition) is 4. The third-order valence-electron chi connectivity index (χ3n) is 7.61. The first-order chi connectivity index (χ1) is 17.2. The van der Waals surface area contributed by atoms with Crippen LogP contribution in [0.2, 0.25) is 5.02 Å². The Morgan fingerprint density at radius 1 is 1.28 bits per heavy atom. The van der Waals surface area contributed by atoms with Crippen molar-refractivity contribution >= 4 is 34.2 Å². The van der Waals surface area contributed by atoms with Crippen molar-refractivity contribution in [3.8, 4) is 5.75 Å². The molecule has 1 aromatic carbocycles. The van der Waals surface area contributed by atoms with E-state index in [0.717, 1.165) is 55.5 Å². The minimum atomic E-state index is -4.68. The number of rotatable bonds is 7. The average Bonchev–Trinajstić information content (AvgIpc) is 3.36. The van der Waals surface area contributed by atoms with Gasteiger partial charge < -0.3 is 19.9 Å². The third kappa shape index (κ3) is 5.12. The lowest BCUT2D eigenvalue weighted by molar-refractivity contribution is -0.274. The van der Waals surface area contributed by atoms with Crippen molar-refractivity contribution in [1.29, 1.82) is 0 Å². The summed E-state index contributed by atoms with van der Waals surface area (Å²) in [5.74, 6) is 0.263. The summed E-state index contributed by atoms with van der Waals surface area (Å²) in [6, 6.07) is 7.85. The first-order valence-corrected chi connectivity index (χ1v) is 12.6. The number of H-pyrrole nitrogens is 1. The number of aromatic nitrogens is 2. The van der Waals surface area contributed by atoms with E-state index in [9.17, 15) is 18.0 Å². The lowest BCUT2D eigenvalue weighted by Crippen LogP contribution is -2.35. The molecule has 1 saturated heterocycles. The molecule has 10 heteroatoms. The van der Waals surface area contributed by atoms with E-state index >= 15 is 0 Å². The Bertz CT molecular complexity index is 1250. The second-order valence-electron chi connectivity index (χ2n) is 9.72. The first kappa shape index (κ1) is 24.7. The predicted molar refractivity (Wildman–Crippen MR) is 133 cm³/mol. The molecule has 3 aromatic rings. The van der Waals surface area contributed by atoms with Crippen LogP contribution >= 0.6 is 11.6 Å². The molecule has 2 aliphatic rings. The molecule has 36 heavy (non-hydrogen) atoms. The molecule has 1 aliphatic carbocycles. The zero-order valence-electron chi connectivity index (χ0n) is 19.9. The molecular weight excluding hydrogens is 493 g/mol. The Labute approximate surface area is 212 Å².